The van der Waals surface area contributed by atoms with Gasteiger partial charge in [0.05, 0.1) is 11.4 Å². The van der Waals surface area contributed by atoms with Crippen LogP contribution in [-0.4, -0.2) is 31.4 Å². The summed E-state index contributed by atoms with van der Waals surface area (Å²) in [6.07, 6.45) is 1.45. The number of carbonyl (C=O) groups is 1. The normalized spacial score (nSPS) is 12.2. The van der Waals surface area contributed by atoms with Crippen LogP contribution in [0.2, 0.25) is 0 Å². The van der Waals surface area contributed by atoms with Gasteiger partial charge in [0.1, 0.15) is 5.75 Å². The van der Waals surface area contributed by atoms with Crippen LogP contribution in [0.4, 0.5) is 5.13 Å². The molecule has 37 heavy (non-hydrogen) atoms. The standard InChI is InChI=1S/C28H31N5O2S2/c1-6-16-33-25(19(2)35-22-14-12-21(13-15-22)28(3,4)5)31-32-27(33)37-18-24(34)30-26-29-23(17-36-26)20-10-8-7-9-11-20/h6-15,17,19H,1,16,18H2,2-5H3,(H,29,30,34). The molecule has 0 aliphatic heterocycles. The zero-order valence-electron chi connectivity index (χ0n) is 21.5. The molecule has 0 aliphatic carbocycles. The van der Waals surface area contributed by atoms with Gasteiger partial charge in [-0.25, -0.2) is 4.98 Å². The van der Waals surface area contributed by atoms with Crippen molar-refractivity contribution in [2.24, 2.45) is 0 Å². The number of thioether (sulfide) groups is 1. The maximum Gasteiger partial charge on any atom is 0.236 e. The second kappa shape index (κ2) is 11.7. The molecule has 4 rings (SSSR count). The molecule has 192 valence electrons. The van der Waals surface area contributed by atoms with Crippen LogP contribution < -0.4 is 10.1 Å². The van der Waals surface area contributed by atoms with E-state index in [1.165, 1.54) is 28.7 Å². The maximum absolute atomic E-state index is 12.6. The summed E-state index contributed by atoms with van der Waals surface area (Å²) in [4.78, 5) is 17.1. The Hall–Kier alpha value is -3.43. The third-order valence-electron chi connectivity index (χ3n) is 5.61. The van der Waals surface area contributed by atoms with Crippen molar-refractivity contribution >= 4 is 34.1 Å². The van der Waals surface area contributed by atoms with Gasteiger partial charge in [0.2, 0.25) is 5.91 Å². The van der Waals surface area contributed by atoms with Crippen LogP contribution in [0.15, 0.2) is 77.8 Å². The van der Waals surface area contributed by atoms with Crippen molar-refractivity contribution in [3.8, 4) is 17.0 Å². The minimum atomic E-state index is -0.331. The van der Waals surface area contributed by atoms with Crippen LogP contribution in [0.25, 0.3) is 11.3 Å². The molecule has 1 N–H and O–H groups in total. The quantitative estimate of drug-likeness (QED) is 0.179. The first-order valence-corrected chi connectivity index (χ1v) is 13.9. The molecule has 4 aromatic rings. The highest BCUT2D eigenvalue weighted by Crippen LogP contribution is 2.29. The van der Waals surface area contributed by atoms with Crippen LogP contribution in [0.1, 0.15) is 45.2 Å². The number of aromatic nitrogens is 4. The fourth-order valence-corrected chi connectivity index (χ4v) is 5.15. The Morgan fingerprint density at radius 1 is 1.16 bits per heavy atom. The largest absolute Gasteiger partial charge is 0.483 e. The zero-order chi connectivity index (χ0) is 26.4. The highest BCUT2D eigenvalue weighted by molar-refractivity contribution is 7.99. The summed E-state index contributed by atoms with van der Waals surface area (Å²) < 4.78 is 8.09. The molecule has 1 unspecified atom stereocenters. The van der Waals surface area contributed by atoms with Gasteiger partial charge in [0, 0.05) is 17.5 Å². The molecule has 9 heteroatoms. The van der Waals surface area contributed by atoms with Gasteiger partial charge in [-0.1, -0.05) is 81.1 Å². The molecule has 2 aromatic heterocycles. The summed E-state index contributed by atoms with van der Waals surface area (Å²) in [7, 11) is 0. The van der Waals surface area contributed by atoms with E-state index >= 15 is 0 Å². The Labute approximate surface area is 226 Å². The highest BCUT2D eigenvalue weighted by Gasteiger charge is 2.21. The molecule has 2 heterocycles. The minimum absolute atomic E-state index is 0.0798. The highest BCUT2D eigenvalue weighted by atomic mass is 32.2. The van der Waals surface area contributed by atoms with Crippen LogP contribution >= 0.6 is 23.1 Å². The number of benzene rings is 2. The molecule has 0 bridgehead atoms. The van der Waals surface area contributed by atoms with E-state index in [2.05, 4.69) is 60.0 Å². The Morgan fingerprint density at radius 3 is 2.57 bits per heavy atom. The topological polar surface area (TPSA) is 81.9 Å². The fraction of sp³-hybridized carbons (Fsp3) is 0.286. The maximum atomic E-state index is 12.6. The summed E-state index contributed by atoms with van der Waals surface area (Å²) in [6, 6.07) is 18.0. The average molecular weight is 534 g/mol. The van der Waals surface area contributed by atoms with E-state index in [9.17, 15) is 4.79 Å². The van der Waals surface area contributed by atoms with Gasteiger partial charge >= 0.3 is 0 Å². The smallest absolute Gasteiger partial charge is 0.236 e. The van der Waals surface area contributed by atoms with Crippen molar-refractivity contribution in [3.63, 3.8) is 0 Å². The second-order valence-electron chi connectivity index (χ2n) is 9.52. The SMILES string of the molecule is C=CCn1c(SCC(=O)Nc2nc(-c3ccccc3)cs2)nnc1C(C)Oc1ccc(C(C)(C)C)cc1. The number of nitrogens with one attached hydrogen (secondary N) is 1. The lowest BCUT2D eigenvalue weighted by molar-refractivity contribution is -0.113. The predicted octanol–water partition coefficient (Wildman–Crippen LogP) is 6.76. The summed E-state index contributed by atoms with van der Waals surface area (Å²) >= 11 is 2.72. The molecule has 0 spiro atoms. The Balaban J connectivity index is 1.38. The number of nitrogens with zero attached hydrogens (tertiary/aromatic N) is 4. The first-order chi connectivity index (χ1) is 17.7. The van der Waals surface area contributed by atoms with E-state index in [0.717, 1.165) is 17.0 Å². The van der Waals surface area contributed by atoms with E-state index in [1.54, 1.807) is 6.08 Å². The van der Waals surface area contributed by atoms with E-state index < -0.39 is 0 Å². The molecular weight excluding hydrogens is 502 g/mol. The summed E-state index contributed by atoms with van der Waals surface area (Å²) in [5, 5.41) is 14.7. The first kappa shape index (κ1) is 26.6. The van der Waals surface area contributed by atoms with Crippen LogP contribution in [0.5, 0.6) is 5.75 Å². The number of allylic oxidation sites excluding steroid dienone is 1. The van der Waals surface area contributed by atoms with E-state index in [0.29, 0.717) is 22.7 Å². The van der Waals surface area contributed by atoms with E-state index in [4.69, 9.17) is 4.74 Å². The third kappa shape index (κ3) is 6.87. The number of hydrogen-bond acceptors (Lipinski definition) is 7. The Bertz CT molecular complexity index is 1340. The van der Waals surface area contributed by atoms with Gasteiger partial charge in [0.25, 0.3) is 0 Å². The molecule has 1 amide bonds. The monoisotopic (exact) mass is 533 g/mol. The van der Waals surface area contributed by atoms with Crippen molar-refractivity contribution in [1.82, 2.24) is 19.7 Å². The summed E-state index contributed by atoms with van der Waals surface area (Å²) in [5.74, 6) is 1.46. The van der Waals surface area contributed by atoms with Crippen LogP contribution in [-0.2, 0) is 16.8 Å². The number of ether oxygens (including phenoxy) is 1. The Kier molecular flexibility index (Phi) is 8.45. The molecule has 2 aromatic carbocycles. The lowest BCUT2D eigenvalue weighted by Crippen LogP contribution is -2.15. The Morgan fingerprint density at radius 2 is 1.89 bits per heavy atom. The van der Waals surface area contributed by atoms with Crippen molar-refractivity contribution in [1.29, 1.82) is 0 Å². The van der Waals surface area contributed by atoms with Crippen molar-refractivity contribution in [3.05, 3.63) is 84.0 Å². The number of thiazole rings is 1. The number of anilines is 1. The van der Waals surface area contributed by atoms with E-state index in [-0.39, 0.29) is 23.2 Å². The van der Waals surface area contributed by atoms with Gasteiger partial charge in [-0.15, -0.1) is 28.1 Å². The second-order valence-corrected chi connectivity index (χ2v) is 11.3. The minimum Gasteiger partial charge on any atom is -0.483 e. The zero-order valence-corrected chi connectivity index (χ0v) is 23.1. The van der Waals surface area contributed by atoms with E-state index in [1.807, 2.05) is 59.3 Å². The molecule has 0 aliphatic rings. The molecule has 0 saturated carbocycles. The van der Waals surface area contributed by atoms with Crippen LogP contribution in [0, 0.1) is 0 Å². The lowest BCUT2D eigenvalue weighted by atomic mass is 9.87. The van der Waals surface area contributed by atoms with Gasteiger partial charge in [-0.3, -0.25) is 9.36 Å². The molecule has 0 fully saturated rings. The third-order valence-corrected chi connectivity index (χ3v) is 7.33. The number of hydrogen-bond donors (Lipinski definition) is 1. The van der Waals surface area contributed by atoms with Gasteiger partial charge in [-0.2, -0.15) is 0 Å². The number of amides is 1. The molecule has 0 saturated heterocycles. The van der Waals surface area contributed by atoms with Gasteiger partial charge < -0.3 is 10.1 Å². The average Bonchev–Trinajstić information content (AvgIpc) is 3.50. The molecular formula is C28H31N5O2S2. The van der Waals surface area contributed by atoms with Crippen molar-refractivity contribution in [2.75, 3.05) is 11.1 Å². The number of carbonyl (C=O) groups excluding carboxylic acids is 1. The van der Waals surface area contributed by atoms with Crippen molar-refractivity contribution < 1.29 is 9.53 Å². The van der Waals surface area contributed by atoms with Crippen LogP contribution in [0.3, 0.4) is 0 Å². The lowest BCUT2D eigenvalue weighted by Gasteiger charge is -2.20. The first-order valence-electron chi connectivity index (χ1n) is 12.0. The number of rotatable bonds is 10. The van der Waals surface area contributed by atoms with Crippen molar-refractivity contribution in [2.45, 2.75) is 50.9 Å². The fourth-order valence-electron chi connectivity index (χ4n) is 3.66. The predicted molar refractivity (Wildman–Crippen MR) is 151 cm³/mol. The molecule has 7 nitrogen and oxygen atoms in total. The summed E-state index contributed by atoms with van der Waals surface area (Å²) in [5.41, 5.74) is 3.18. The molecule has 1 atom stereocenters. The van der Waals surface area contributed by atoms with Gasteiger partial charge in [0.15, 0.2) is 22.2 Å². The van der Waals surface area contributed by atoms with Gasteiger partial charge in [-0.05, 0) is 30.0 Å². The summed E-state index contributed by atoms with van der Waals surface area (Å²) in [6.45, 7) is 12.9. The molecule has 0 radical (unpaired) electrons.